The zero-order valence-corrected chi connectivity index (χ0v) is 10.4. The molecule has 0 radical (unpaired) electrons. The lowest BCUT2D eigenvalue weighted by Crippen LogP contribution is -2.04. The van der Waals surface area contributed by atoms with Crippen molar-refractivity contribution in [2.75, 3.05) is 6.61 Å². The first-order chi connectivity index (χ1) is 8.09. The van der Waals surface area contributed by atoms with Gasteiger partial charge in [-0.1, -0.05) is 30.7 Å². The van der Waals surface area contributed by atoms with Crippen molar-refractivity contribution in [3.8, 4) is 0 Å². The van der Waals surface area contributed by atoms with E-state index in [4.69, 9.17) is 21.4 Å². The lowest BCUT2D eigenvalue weighted by Gasteiger charge is -2.03. The normalized spacial score (nSPS) is 26.8. The summed E-state index contributed by atoms with van der Waals surface area (Å²) in [5, 5.41) is 9.57. The predicted octanol–water partition coefficient (Wildman–Crippen LogP) is 2.82. The van der Waals surface area contributed by atoms with Gasteiger partial charge in [0.2, 0.25) is 0 Å². The first-order valence-electron chi connectivity index (χ1n) is 5.64. The minimum atomic E-state index is -0.711. The summed E-state index contributed by atoms with van der Waals surface area (Å²) in [6.07, 6.45) is 0. The summed E-state index contributed by atoms with van der Waals surface area (Å²) in [7, 11) is 0. The molecule has 0 amide bonds. The molecule has 1 aromatic carbocycles. The van der Waals surface area contributed by atoms with Gasteiger partial charge in [-0.25, -0.2) is 0 Å². The maximum absolute atomic E-state index is 10.8. The molecule has 17 heavy (non-hydrogen) atoms. The van der Waals surface area contributed by atoms with Gasteiger partial charge in [-0.2, -0.15) is 0 Å². The maximum Gasteiger partial charge on any atom is 0.307 e. The molecule has 0 aromatic heterocycles. The molecule has 0 saturated heterocycles. The van der Waals surface area contributed by atoms with Gasteiger partial charge in [0, 0.05) is 5.02 Å². The van der Waals surface area contributed by atoms with E-state index in [-0.39, 0.29) is 17.8 Å². The van der Waals surface area contributed by atoms with E-state index in [1.807, 2.05) is 31.2 Å². The van der Waals surface area contributed by atoms with Crippen molar-refractivity contribution >= 4 is 17.6 Å². The molecular formula is C13H15ClO3. The van der Waals surface area contributed by atoms with Crippen LogP contribution in [0.15, 0.2) is 24.3 Å². The number of ether oxygens (including phenoxy) is 1. The van der Waals surface area contributed by atoms with E-state index >= 15 is 0 Å². The number of aliphatic carboxylic acids is 1. The zero-order chi connectivity index (χ0) is 12.4. The zero-order valence-electron chi connectivity index (χ0n) is 9.60. The highest BCUT2D eigenvalue weighted by Crippen LogP contribution is 2.46. The van der Waals surface area contributed by atoms with Crippen LogP contribution in [0.4, 0.5) is 0 Å². The molecule has 2 rings (SSSR count). The number of hydrogen-bond acceptors (Lipinski definition) is 2. The van der Waals surface area contributed by atoms with Crippen LogP contribution in [0, 0.1) is 17.8 Å². The fraction of sp³-hybridized carbons (Fsp3) is 0.462. The molecule has 0 heterocycles. The molecule has 1 aromatic rings. The van der Waals surface area contributed by atoms with Crippen LogP contribution in [0.1, 0.15) is 12.5 Å². The van der Waals surface area contributed by atoms with Gasteiger partial charge in [0.05, 0.1) is 19.1 Å². The second kappa shape index (κ2) is 5.07. The third-order valence-corrected chi connectivity index (χ3v) is 3.59. The summed E-state index contributed by atoms with van der Waals surface area (Å²) >= 11 is 5.77. The summed E-state index contributed by atoms with van der Waals surface area (Å²) in [6, 6.07) is 7.46. The quantitative estimate of drug-likeness (QED) is 0.879. The Balaban J connectivity index is 1.74. The van der Waals surface area contributed by atoms with E-state index in [0.717, 1.165) is 5.56 Å². The lowest BCUT2D eigenvalue weighted by molar-refractivity contribution is -0.139. The van der Waals surface area contributed by atoms with E-state index in [1.54, 1.807) is 0 Å². The first kappa shape index (κ1) is 12.4. The number of carboxylic acids is 1. The Hall–Kier alpha value is -1.06. The second-order valence-electron chi connectivity index (χ2n) is 4.53. The summed E-state index contributed by atoms with van der Waals surface area (Å²) in [5.41, 5.74) is 1.05. The molecule has 1 saturated carbocycles. The Labute approximate surface area is 105 Å². The highest BCUT2D eigenvalue weighted by atomic mass is 35.5. The van der Waals surface area contributed by atoms with Crippen LogP contribution in [-0.4, -0.2) is 17.7 Å². The first-order valence-corrected chi connectivity index (χ1v) is 6.02. The van der Waals surface area contributed by atoms with Crippen molar-refractivity contribution in [1.29, 1.82) is 0 Å². The van der Waals surface area contributed by atoms with Crippen molar-refractivity contribution in [2.24, 2.45) is 17.8 Å². The molecule has 3 unspecified atom stereocenters. The lowest BCUT2D eigenvalue weighted by atomic mass is 10.2. The van der Waals surface area contributed by atoms with E-state index in [2.05, 4.69) is 0 Å². The van der Waals surface area contributed by atoms with Gasteiger partial charge in [0.1, 0.15) is 0 Å². The Kier molecular flexibility index (Phi) is 3.69. The summed E-state index contributed by atoms with van der Waals surface area (Å²) in [4.78, 5) is 10.8. The molecule has 4 heteroatoms. The van der Waals surface area contributed by atoms with Gasteiger partial charge < -0.3 is 9.84 Å². The van der Waals surface area contributed by atoms with Gasteiger partial charge in [0.25, 0.3) is 0 Å². The van der Waals surface area contributed by atoms with E-state index in [1.165, 1.54) is 0 Å². The third-order valence-electron chi connectivity index (χ3n) is 3.34. The summed E-state index contributed by atoms with van der Waals surface area (Å²) in [5.74, 6) is -0.532. The number of carboxylic acid groups (broad SMARTS) is 1. The Morgan fingerprint density at radius 2 is 2.06 bits per heavy atom. The van der Waals surface area contributed by atoms with Crippen molar-refractivity contribution in [1.82, 2.24) is 0 Å². The van der Waals surface area contributed by atoms with Crippen LogP contribution >= 0.6 is 11.6 Å². The Morgan fingerprint density at radius 1 is 1.41 bits per heavy atom. The van der Waals surface area contributed by atoms with Crippen molar-refractivity contribution in [3.63, 3.8) is 0 Å². The average Bonchev–Trinajstić information content (AvgIpc) is 2.92. The van der Waals surface area contributed by atoms with E-state index in [0.29, 0.717) is 18.2 Å². The van der Waals surface area contributed by atoms with Gasteiger partial charge >= 0.3 is 5.97 Å². The molecule has 92 valence electrons. The number of halogens is 1. The van der Waals surface area contributed by atoms with Crippen LogP contribution in [-0.2, 0) is 16.1 Å². The molecule has 0 bridgehead atoms. The van der Waals surface area contributed by atoms with Crippen molar-refractivity contribution in [3.05, 3.63) is 34.9 Å². The molecular weight excluding hydrogens is 240 g/mol. The van der Waals surface area contributed by atoms with Crippen LogP contribution < -0.4 is 0 Å². The monoisotopic (exact) mass is 254 g/mol. The van der Waals surface area contributed by atoms with Gasteiger partial charge in [-0.15, -0.1) is 0 Å². The van der Waals surface area contributed by atoms with Crippen LogP contribution in [0.3, 0.4) is 0 Å². The second-order valence-corrected chi connectivity index (χ2v) is 4.97. The molecule has 0 spiro atoms. The highest BCUT2D eigenvalue weighted by Gasteiger charge is 2.51. The SMILES string of the molecule is CC1C(COCc2ccc(Cl)cc2)C1C(=O)O. The van der Waals surface area contributed by atoms with Crippen LogP contribution in [0.5, 0.6) is 0 Å². The van der Waals surface area contributed by atoms with Crippen molar-refractivity contribution < 1.29 is 14.6 Å². The van der Waals surface area contributed by atoms with Crippen LogP contribution in [0.2, 0.25) is 5.02 Å². The Morgan fingerprint density at radius 3 is 2.59 bits per heavy atom. The van der Waals surface area contributed by atoms with Gasteiger partial charge in [0.15, 0.2) is 0 Å². The van der Waals surface area contributed by atoms with Gasteiger partial charge in [-0.3, -0.25) is 4.79 Å². The smallest absolute Gasteiger partial charge is 0.307 e. The summed E-state index contributed by atoms with van der Waals surface area (Å²) in [6.45, 7) is 2.97. The number of rotatable bonds is 5. The van der Waals surface area contributed by atoms with Crippen molar-refractivity contribution in [2.45, 2.75) is 13.5 Å². The molecule has 3 atom stereocenters. The molecule has 3 nitrogen and oxygen atoms in total. The van der Waals surface area contributed by atoms with E-state index in [9.17, 15) is 4.79 Å². The largest absolute Gasteiger partial charge is 0.481 e. The minimum Gasteiger partial charge on any atom is -0.481 e. The fourth-order valence-electron chi connectivity index (χ4n) is 2.10. The fourth-order valence-corrected chi connectivity index (χ4v) is 2.23. The average molecular weight is 255 g/mol. The van der Waals surface area contributed by atoms with E-state index < -0.39 is 5.97 Å². The number of carbonyl (C=O) groups is 1. The molecule has 1 aliphatic carbocycles. The predicted molar refractivity (Wildman–Crippen MR) is 64.9 cm³/mol. The molecule has 0 aliphatic heterocycles. The minimum absolute atomic E-state index is 0.166. The molecule has 1 aliphatic rings. The molecule has 1 N–H and O–H groups in total. The van der Waals surface area contributed by atoms with Crippen LogP contribution in [0.25, 0.3) is 0 Å². The van der Waals surface area contributed by atoms with Gasteiger partial charge in [-0.05, 0) is 29.5 Å². The number of benzene rings is 1. The standard InChI is InChI=1S/C13H15ClO3/c1-8-11(12(8)13(15)16)7-17-6-9-2-4-10(14)5-3-9/h2-5,8,11-12H,6-7H2,1H3,(H,15,16). The maximum atomic E-state index is 10.8. The Bertz CT molecular complexity index is 402. The highest BCUT2D eigenvalue weighted by molar-refractivity contribution is 6.30. The molecule has 1 fully saturated rings. The third kappa shape index (κ3) is 2.99. The summed E-state index contributed by atoms with van der Waals surface area (Å²) < 4.78 is 5.53. The topological polar surface area (TPSA) is 46.5 Å². The number of hydrogen-bond donors (Lipinski definition) is 1.